The fourth-order valence-electron chi connectivity index (χ4n) is 2.20. The Bertz CT molecular complexity index is 814. The minimum absolute atomic E-state index is 0.441. The highest BCUT2D eigenvalue weighted by atomic mass is 32.1. The number of hydrogen-bond donors (Lipinski definition) is 2. The molecule has 4 rings (SSSR count). The quantitative estimate of drug-likeness (QED) is 0.763. The van der Waals surface area contributed by atoms with Crippen molar-refractivity contribution < 1.29 is 9.47 Å². The van der Waals surface area contributed by atoms with Crippen LogP contribution < -0.4 is 10.1 Å². The standard InChI is InChI=1S/C13H12N6O2S/c1-20-10-2-3-14-12(16-10)18-13-17-11-7-4-15-19-8(7)5-21-6-9(11)22-13/h2-4H,5-6H2,1H3,(H,15,19)(H,14,16,17,18). The van der Waals surface area contributed by atoms with Gasteiger partial charge in [0.25, 0.3) is 0 Å². The molecule has 1 aliphatic heterocycles. The van der Waals surface area contributed by atoms with Gasteiger partial charge in [0.2, 0.25) is 11.8 Å². The van der Waals surface area contributed by atoms with Crippen LogP contribution in [0.25, 0.3) is 11.3 Å². The third-order valence-corrected chi connectivity index (χ3v) is 4.15. The maximum absolute atomic E-state index is 5.63. The van der Waals surface area contributed by atoms with Gasteiger partial charge >= 0.3 is 0 Å². The number of aromatic nitrogens is 5. The van der Waals surface area contributed by atoms with Gasteiger partial charge in [-0.05, 0) is 0 Å². The fourth-order valence-corrected chi connectivity index (χ4v) is 3.11. The van der Waals surface area contributed by atoms with Crippen LogP contribution in [0, 0.1) is 0 Å². The summed E-state index contributed by atoms with van der Waals surface area (Å²) in [4.78, 5) is 14.0. The number of rotatable bonds is 3. The normalized spacial score (nSPS) is 13.1. The first-order valence-electron chi connectivity index (χ1n) is 6.57. The Morgan fingerprint density at radius 1 is 1.36 bits per heavy atom. The maximum atomic E-state index is 5.63. The number of ether oxygens (including phenoxy) is 2. The summed E-state index contributed by atoms with van der Waals surface area (Å²) in [5.41, 5.74) is 2.80. The predicted octanol–water partition coefficient (Wildman–Crippen LogP) is 2.11. The summed E-state index contributed by atoms with van der Waals surface area (Å²) < 4.78 is 10.7. The first kappa shape index (κ1) is 13.2. The largest absolute Gasteiger partial charge is 0.481 e. The number of H-pyrrole nitrogens is 1. The van der Waals surface area contributed by atoms with Crippen LogP contribution in [0.3, 0.4) is 0 Å². The topological polar surface area (TPSA) is 97.8 Å². The summed E-state index contributed by atoms with van der Waals surface area (Å²) in [5.74, 6) is 0.938. The lowest BCUT2D eigenvalue weighted by Gasteiger charge is -2.02. The van der Waals surface area contributed by atoms with Crippen molar-refractivity contribution in [2.45, 2.75) is 13.2 Å². The van der Waals surface area contributed by atoms with Crippen molar-refractivity contribution in [1.82, 2.24) is 25.1 Å². The summed E-state index contributed by atoms with van der Waals surface area (Å²) in [6, 6.07) is 1.69. The van der Waals surface area contributed by atoms with Crippen molar-refractivity contribution in [1.29, 1.82) is 0 Å². The van der Waals surface area contributed by atoms with Crippen LogP contribution in [-0.4, -0.2) is 32.3 Å². The molecule has 0 saturated carbocycles. The summed E-state index contributed by atoms with van der Waals surface area (Å²) in [7, 11) is 1.56. The fraction of sp³-hybridized carbons (Fsp3) is 0.231. The second kappa shape index (κ2) is 5.35. The van der Waals surface area contributed by atoms with E-state index in [-0.39, 0.29) is 0 Å². The van der Waals surface area contributed by atoms with Gasteiger partial charge in [0.05, 0.1) is 42.8 Å². The SMILES string of the molecule is COc1ccnc(Nc2nc3c(s2)COCc2[nH]ncc2-3)n1. The van der Waals surface area contributed by atoms with Crippen molar-refractivity contribution in [2.75, 3.05) is 12.4 Å². The van der Waals surface area contributed by atoms with Crippen LogP contribution >= 0.6 is 11.3 Å². The van der Waals surface area contributed by atoms with Gasteiger partial charge in [-0.2, -0.15) is 10.1 Å². The highest BCUT2D eigenvalue weighted by Gasteiger charge is 2.21. The molecule has 3 aromatic rings. The van der Waals surface area contributed by atoms with Gasteiger partial charge in [0, 0.05) is 17.8 Å². The first-order valence-corrected chi connectivity index (χ1v) is 7.39. The van der Waals surface area contributed by atoms with E-state index in [1.165, 1.54) is 11.3 Å². The molecule has 3 aromatic heterocycles. The van der Waals surface area contributed by atoms with Crippen LogP contribution in [0.1, 0.15) is 10.6 Å². The van der Waals surface area contributed by atoms with Gasteiger partial charge in [-0.15, -0.1) is 0 Å². The molecule has 1 aliphatic rings. The van der Waals surface area contributed by atoms with Gasteiger partial charge in [-0.3, -0.25) is 10.4 Å². The lowest BCUT2D eigenvalue weighted by molar-refractivity contribution is 0.109. The monoisotopic (exact) mass is 316 g/mol. The molecule has 0 fully saturated rings. The van der Waals surface area contributed by atoms with Gasteiger partial charge in [0.15, 0.2) is 5.13 Å². The van der Waals surface area contributed by atoms with Crippen LogP contribution in [0.4, 0.5) is 11.1 Å². The van der Waals surface area contributed by atoms with E-state index in [0.29, 0.717) is 30.2 Å². The molecule has 8 nitrogen and oxygen atoms in total. The molecule has 0 aliphatic carbocycles. The van der Waals surface area contributed by atoms with Gasteiger partial charge in [0.1, 0.15) is 0 Å². The zero-order valence-electron chi connectivity index (χ0n) is 11.7. The molecule has 0 saturated heterocycles. The second-order valence-electron chi connectivity index (χ2n) is 4.59. The van der Waals surface area contributed by atoms with Crippen molar-refractivity contribution >= 4 is 22.4 Å². The summed E-state index contributed by atoms with van der Waals surface area (Å²) in [6.45, 7) is 1.04. The highest BCUT2D eigenvalue weighted by Crippen LogP contribution is 2.36. The van der Waals surface area contributed by atoms with Crippen LogP contribution in [0.2, 0.25) is 0 Å². The highest BCUT2D eigenvalue weighted by molar-refractivity contribution is 7.16. The van der Waals surface area contributed by atoms with E-state index in [2.05, 4.69) is 30.5 Å². The summed E-state index contributed by atoms with van der Waals surface area (Å²) in [5, 5.41) is 10.8. The average Bonchev–Trinajstić information content (AvgIpc) is 3.11. The Kier molecular flexibility index (Phi) is 3.20. The van der Waals surface area contributed by atoms with E-state index in [4.69, 9.17) is 9.47 Å². The molecule has 112 valence electrons. The third kappa shape index (κ3) is 2.30. The Morgan fingerprint density at radius 3 is 3.23 bits per heavy atom. The lowest BCUT2D eigenvalue weighted by Crippen LogP contribution is -1.98. The molecular formula is C13H12N6O2S. The number of fused-ring (bicyclic) bond motifs is 3. The molecule has 9 heteroatoms. The number of thiazole rings is 1. The molecule has 0 spiro atoms. The number of anilines is 2. The molecule has 2 N–H and O–H groups in total. The minimum atomic E-state index is 0.441. The van der Waals surface area contributed by atoms with Crippen molar-refractivity contribution in [3.05, 3.63) is 29.0 Å². The van der Waals surface area contributed by atoms with E-state index in [9.17, 15) is 0 Å². The molecule has 0 amide bonds. The Balaban J connectivity index is 1.67. The first-order chi connectivity index (χ1) is 10.8. The molecule has 4 heterocycles. The molecular weight excluding hydrogens is 304 g/mol. The predicted molar refractivity (Wildman–Crippen MR) is 80.1 cm³/mol. The second-order valence-corrected chi connectivity index (χ2v) is 5.68. The van der Waals surface area contributed by atoms with E-state index in [1.807, 2.05) is 0 Å². The minimum Gasteiger partial charge on any atom is -0.481 e. The van der Waals surface area contributed by atoms with Gasteiger partial charge in [-0.25, -0.2) is 9.97 Å². The summed E-state index contributed by atoms with van der Waals surface area (Å²) >= 11 is 1.51. The number of methoxy groups -OCH3 is 1. The van der Waals surface area contributed by atoms with Crippen molar-refractivity contribution in [3.8, 4) is 17.1 Å². The van der Waals surface area contributed by atoms with E-state index in [1.54, 1.807) is 25.6 Å². The third-order valence-electron chi connectivity index (χ3n) is 3.21. The van der Waals surface area contributed by atoms with Crippen molar-refractivity contribution in [2.24, 2.45) is 0 Å². The zero-order chi connectivity index (χ0) is 14.9. The molecule has 0 radical (unpaired) electrons. The number of aromatic amines is 1. The Morgan fingerprint density at radius 2 is 2.32 bits per heavy atom. The summed E-state index contributed by atoms with van der Waals surface area (Å²) in [6.07, 6.45) is 3.40. The van der Waals surface area contributed by atoms with E-state index < -0.39 is 0 Å². The molecule has 0 unspecified atom stereocenters. The Labute approximate surface area is 129 Å². The van der Waals surface area contributed by atoms with E-state index in [0.717, 1.165) is 21.8 Å². The Hall–Kier alpha value is -2.52. The zero-order valence-corrected chi connectivity index (χ0v) is 12.5. The molecule has 0 atom stereocenters. The molecule has 0 bridgehead atoms. The van der Waals surface area contributed by atoms with Crippen molar-refractivity contribution in [3.63, 3.8) is 0 Å². The number of hydrogen-bond acceptors (Lipinski definition) is 8. The smallest absolute Gasteiger partial charge is 0.232 e. The molecule has 22 heavy (non-hydrogen) atoms. The van der Waals surface area contributed by atoms with Crippen LogP contribution in [0.15, 0.2) is 18.5 Å². The molecule has 0 aromatic carbocycles. The number of nitrogens with zero attached hydrogens (tertiary/aromatic N) is 4. The van der Waals surface area contributed by atoms with Gasteiger partial charge < -0.3 is 9.47 Å². The van der Waals surface area contributed by atoms with Crippen LogP contribution in [-0.2, 0) is 18.0 Å². The number of nitrogens with one attached hydrogen (secondary N) is 2. The average molecular weight is 316 g/mol. The maximum Gasteiger partial charge on any atom is 0.232 e. The van der Waals surface area contributed by atoms with Gasteiger partial charge in [-0.1, -0.05) is 11.3 Å². The van der Waals surface area contributed by atoms with Crippen LogP contribution in [0.5, 0.6) is 5.88 Å². The van der Waals surface area contributed by atoms with E-state index >= 15 is 0 Å². The lowest BCUT2D eigenvalue weighted by atomic mass is 10.2.